The average molecular weight is 395 g/mol. The summed E-state index contributed by atoms with van der Waals surface area (Å²) >= 11 is 0. The Morgan fingerprint density at radius 2 is 1.61 bits per heavy atom. The summed E-state index contributed by atoms with van der Waals surface area (Å²) in [7, 11) is -3.39. The van der Waals surface area contributed by atoms with Crippen LogP contribution in [0.15, 0.2) is 69.1 Å². The fourth-order valence-electron chi connectivity index (χ4n) is 2.82. The summed E-state index contributed by atoms with van der Waals surface area (Å²) in [5.74, 6) is 0. The number of sulfone groups is 1. The van der Waals surface area contributed by atoms with Crippen LogP contribution in [0.5, 0.6) is 0 Å². The molecule has 0 unspecified atom stereocenters. The number of nitrogens with zero attached hydrogens (tertiary/aromatic N) is 3. The Morgan fingerprint density at radius 1 is 1.00 bits per heavy atom. The second kappa shape index (κ2) is 7.29. The number of hydrogen-bond acceptors (Lipinski definition) is 5. The fourth-order valence-corrected chi connectivity index (χ4v) is 3.45. The van der Waals surface area contributed by atoms with E-state index in [4.69, 9.17) is 5.26 Å². The third kappa shape index (κ3) is 3.66. The van der Waals surface area contributed by atoms with Gasteiger partial charge in [0.15, 0.2) is 9.84 Å². The molecular formula is C20H17N3O4S. The molecule has 142 valence electrons. The van der Waals surface area contributed by atoms with Gasteiger partial charge in [-0.1, -0.05) is 29.8 Å². The lowest BCUT2D eigenvalue weighted by Crippen LogP contribution is -2.39. The van der Waals surface area contributed by atoms with Crippen LogP contribution in [0.1, 0.15) is 5.56 Å². The Balaban J connectivity index is 2.32. The average Bonchev–Trinajstić information content (AvgIpc) is 2.65. The van der Waals surface area contributed by atoms with Crippen LogP contribution in [0.2, 0.25) is 0 Å². The van der Waals surface area contributed by atoms with E-state index >= 15 is 0 Å². The number of rotatable bonds is 4. The summed E-state index contributed by atoms with van der Waals surface area (Å²) < 4.78 is 25.5. The van der Waals surface area contributed by atoms with Crippen LogP contribution in [0.3, 0.4) is 0 Å². The third-order valence-corrected chi connectivity index (χ3v) is 5.42. The standard InChI is InChI=1S/C20H17N3O4S/c1-14-3-5-15(6-4-14)18-13-19(24)22(12-11-21)20(25)23(18)16-7-9-17(10-8-16)28(2,26)27/h3-10,13H,12H2,1-2H3. The van der Waals surface area contributed by atoms with Crippen molar-refractivity contribution in [2.45, 2.75) is 18.4 Å². The lowest BCUT2D eigenvalue weighted by atomic mass is 10.1. The zero-order chi connectivity index (χ0) is 20.5. The van der Waals surface area contributed by atoms with Crippen molar-refractivity contribution >= 4 is 9.84 Å². The molecule has 28 heavy (non-hydrogen) atoms. The van der Waals surface area contributed by atoms with Crippen LogP contribution in [-0.2, 0) is 16.4 Å². The first kappa shape index (κ1) is 19.3. The summed E-state index contributed by atoms with van der Waals surface area (Å²) in [6, 6.07) is 16.2. The minimum Gasteiger partial charge on any atom is -0.269 e. The van der Waals surface area contributed by atoms with Gasteiger partial charge in [-0.2, -0.15) is 5.26 Å². The first-order chi connectivity index (χ1) is 13.2. The van der Waals surface area contributed by atoms with E-state index in [1.165, 1.54) is 34.9 Å². The highest BCUT2D eigenvalue weighted by Crippen LogP contribution is 2.21. The molecule has 3 rings (SSSR count). The monoisotopic (exact) mass is 395 g/mol. The van der Waals surface area contributed by atoms with Crippen molar-refractivity contribution in [3.05, 3.63) is 81.0 Å². The summed E-state index contributed by atoms with van der Waals surface area (Å²) in [5, 5.41) is 8.95. The van der Waals surface area contributed by atoms with Crippen LogP contribution in [-0.4, -0.2) is 23.8 Å². The highest BCUT2D eigenvalue weighted by atomic mass is 32.2. The topological polar surface area (TPSA) is 102 Å². The SMILES string of the molecule is Cc1ccc(-c2cc(=O)n(CC#N)c(=O)n2-c2ccc(S(C)(=O)=O)cc2)cc1. The molecular weight excluding hydrogens is 378 g/mol. The normalized spacial score (nSPS) is 11.2. The van der Waals surface area contributed by atoms with Crippen molar-refractivity contribution in [3.63, 3.8) is 0 Å². The molecule has 0 saturated carbocycles. The first-order valence-electron chi connectivity index (χ1n) is 8.34. The highest BCUT2D eigenvalue weighted by molar-refractivity contribution is 7.90. The molecule has 3 aromatic rings. The minimum atomic E-state index is -3.39. The number of nitriles is 1. The lowest BCUT2D eigenvalue weighted by Gasteiger charge is -2.15. The molecule has 8 heteroatoms. The van der Waals surface area contributed by atoms with Crippen LogP contribution < -0.4 is 11.2 Å². The Labute approximate surface area is 161 Å². The quantitative estimate of drug-likeness (QED) is 0.671. The molecule has 0 aliphatic rings. The summed E-state index contributed by atoms with van der Waals surface area (Å²) in [6.45, 7) is 1.54. The highest BCUT2D eigenvalue weighted by Gasteiger charge is 2.15. The third-order valence-electron chi connectivity index (χ3n) is 4.29. The Morgan fingerprint density at radius 3 is 2.14 bits per heavy atom. The zero-order valence-electron chi connectivity index (χ0n) is 15.3. The Hall–Kier alpha value is -3.44. The van der Waals surface area contributed by atoms with Crippen molar-refractivity contribution in [3.8, 4) is 23.0 Å². The molecule has 0 aliphatic heterocycles. The van der Waals surface area contributed by atoms with Gasteiger partial charge in [0, 0.05) is 12.3 Å². The van der Waals surface area contributed by atoms with Crippen molar-refractivity contribution in [2.24, 2.45) is 0 Å². The molecule has 1 heterocycles. The predicted molar refractivity (Wildman–Crippen MR) is 105 cm³/mol. The lowest BCUT2D eigenvalue weighted by molar-refractivity contribution is 0.602. The van der Waals surface area contributed by atoms with Gasteiger partial charge in [0.25, 0.3) is 5.56 Å². The summed E-state index contributed by atoms with van der Waals surface area (Å²) in [6.07, 6.45) is 1.10. The van der Waals surface area contributed by atoms with Crippen molar-refractivity contribution < 1.29 is 8.42 Å². The van der Waals surface area contributed by atoms with E-state index < -0.39 is 21.1 Å². The maximum absolute atomic E-state index is 13.0. The Bertz CT molecular complexity index is 1290. The molecule has 0 saturated heterocycles. The van der Waals surface area contributed by atoms with Crippen molar-refractivity contribution in [1.29, 1.82) is 5.26 Å². The molecule has 0 spiro atoms. The van der Waals surface area contributed by atoms with Gasteiger partial charge in [0.2, 0.25) is 0 Å². The fraction of sp³-hybridized carbons (Fsp3) is 0.150. The Kier molecular flexibility index (Phi) is 5.03. The van der Waals surface area contributed by atoms with Crippen LogP contribution in [0.25, 0.3) is 16.9 Å². The molecule has 7 nitrogen and oxygen atoms in total. The predicted octanol–water partition coefficient (Wildman–Crippen LogP) is 1.90. The molecule has 0 radical (unpaired) electrons. The molecule has 0 aliphatic carbocycles. The first-order valence-corrected chi connectivity index (χ1v) is 10.2. The van der Waals surface area contributed by atoms with E-state index in [2.05, 4.69) is 0 Å². The molecule has 0 fully saturated rings. The number of aromatic nitrogens is 2. The van der Waals surface area contributed by atoms with Gasteiger partial charge in [-0.05, 0) is 36.8 Å². The summed E-state index contributed by atoms with van der Waals surface area (Å²) in [5.41, 5.74) is 1.17. The van der Waals surface area contributed by atoms with Crippen LogP contribution >= 0.6 is 0 Å². The van der Waals surface area contributed by atoms with Crippen molar-refractivity contribution in [1.82, 2.24) is 9.13 Å². The van der Waals surface area contributed by atoms with E-state index in [-0.39, 0.29) is 11.4 Å². The second-order valence-corrected chi connectivity index (χ2v) is 8.38. The van der Waals surface area contributed by atoms with E-state index in [0.717, 1.165) is 16.4 Å². The molecule has 1 aromatic heterocycles. The second-order valence-electron chi connectivity index (χ2n) is 6.36. The number of benzene rings is 2. The molecule has 0 bridgehead atoms. The maximum Gasteiger partial charge on any atom is 0.337 e. The van der Waals surface area contributed by atoms with Crippen LogP contribution in [0.4, 0.5) is 0 Å². The molecule has 2 aromatic carbocycles. The van der Waals surface area contributed by atoms with E-state index in [1.54, 1.807) is 12.1 Å². The summed E-state index contributed by atoms with van der Waals surface area (Å²) in [4.78, 5) is 25.5. The largest absolute Gasteiger partial charge is 0.337 e. The van der Waals surface area contributed by atoms with Gasteiger partial charge in [-0.25, -0.2) is 17.8 Å². The zero-order valence-corrected chi connectivity index (χ0v) is 16.1. The van der Waals surface area contributed by atoms with E-state index in [1.807, 2.05) is 25.1 Å². The van der Waals surface area contributed by atoms with E-state index in [0.29, 0.717) is 16.9 Å². The number of hydrogen-bond donors (Lipinski definition) is 0. The van der Waals surface area contributed by atoms with Crippen LogP contribution in [0, 0.1) is 18.3 Å². The van der Waals surface area contributed by atoms with Crippen molar-refractivity contribution in [2.75, 3.05) is 6.26 Å². The van der Waals surface area contributed by atoms with E-state index in [9.17, 15) is 18.0 Å². The van der Waals surface area contributed by atoms with Gasteiger partial charge in [-0.15, -0.1) is 0 Å². The minimum absolute atomic E-state index is 0.117. The maximum atomic E-state index is 13.0. The van der Waals surface area contributed by atoms with Gasteiger partial charge >= 0.3 is 5.69 Å². The molecule has 0 N–H and O–H groups in total. The molecule has 0 atom stereocenters. The van der Waals surface area contributed by atoms with Gasteiger partial charge in [0.05, 0.1) is 22.3 Å². The smallest absolute Gasteiger partial charge is 0.269 e. The number of aryl methyl sites for hydroxylation is 1. The molecule has 0 amide bonds. The van der Waals surface area contributed by atoms with Gasteiger partial charge in [-0.3, -0.25) is 9.36 Å². The van der Waals surface area contributed by atoms with Gasteiger partial charge < -0.3 is 0 Å². The van der Waals surface area contributed by atoms with Gasteiger partial charge in [0.1, 0.15) is 6.54 Å².